The largest absolute Gasteiger partial charge is 0.292 e. The van der Waals surface area contributed by atoms with Crippen molar-refractivity contribution in [3.05, 3.63) is 80.8 Å². The van der Waals surface area contributed by atoms with E-state index < -0.39 is 41.4 Å². The molecule has 0 aromatic heterocycles. The molecule has 174 valence electrons. The van der Waals surface area contributed by atoms with Gasteiger partial charge in [-0.2, -0.15) is 5.01 Å². The summed E-state index contributed by atoms with van der Waals surface area (Å²) in [5, 5.41) is 2.64. The summed E-state index contributed by atoms with van der Waals surface area (Å²) in [5.74, 6) is -3.29. The van der Waals surface area contributed by atoms with Crippen molar-refractivity contribution in [2.24, 2.45) is 23.7 Å². The first-order chi connectivity index (χ1) is 16.2. The van der Waals surface area contributed by atoms with Crippen LogP contribution < -0.4 is 0 Å². The summed E-state index contributed by atoms with van der Waals surface area (Å²) in [4.78, 5) is 54.1. The van der Waals surface area contributed by atoms with Crippen LogP contribution in [0, 0.1) is 23.7 Å². The van der Waals surface area contributed by atoms with Crippen LogP contribution in [0.2, 0.25) is 15.1 Å². The summed E-state index contributed by atoms with van der Waals surface area (Å²) in [5.41, 5.74) is 0.318. The number of hydrazine groups is 1. The lowest BCUT2D eigenvalue weighted by molar-refractivity contribution is -0.157. The second kappa shape index (κ2) is 8.52. The van der Waals surface area contributed by atoms with Crippen molar-refractivity contribution < 1.29 is 19.2 Å². The molecule has 3 amide bonds. The molecule has 6 nitrogen and oxygen atoms in total. The fourth-order valence-electron chi connectivity index (χ4n) is 5.29. The zero-order chi connectivity index (χ0) is 24.3. The quantitative estimate of drug-likeness (QED) is 0.315. The van der Waals surface area contributed by atoms with E-state index in [9.17, 15) is 19.2 Å². The number of ketones is 1. The van der Waals surface area contributed by atoms with Gasteiger partial charge >= 0.3 is 0 Å². The highest BCUT2D eigenvalue weighted by Crippen LogP contribution is 2.53. The smallest absolute Gasteiger partial charge is 0.275 e. The van der Waals surface area contributed by atoms with Crippen molar-refractivity contribution in [1.29, 1.82) is 0 Å². The maximum absolute atomic E-state index is 13.7. The van der Waals surface area contributed by atoms with Gasteiger partial charge in [-0.05, 0) is 67.6 Å². The maximum atomic E-state index is 13.7. The first kappa shape index (κ1) is 23.1. The molecule has 1 aliphatic heterocycles. The number of hydrogen-bond acceptors (Lipinski definition) is 4. The van der Waals surface area contributed by atoms with E-state index in [1.165, 1.54) is 37.3 Å². The van der Waals surface area contributed by atoms with E-state index in [1.54, 1.807) is 12.1 Å². The molecule has 2 aromatic carbocycles. The molecule has 1 saturated carbocycles. The number of benzene rings is 2. The monoisotopic (exact) mass is 516 g/mol. The zero-order valence-corrected chi connectivity index (χ0v) is 20.2. The number of nitrogens with zero attached hydrogens (tertiary/aromatic N) is 2. The predicted molar refractivity (Wildman–Crippen MR) is 127 cm³/mol. The Bertz CT molecular complexity index is 1230. The van der Waals surface area contributed by atoms with Crippen LogP contribution in [0.3, 0.4) is 0 Å². The van der Waals surface area contributed by atoms with Crippen LogP contribution in [0.4, 0.5) is 0 Å². The van der Waals surface area contributed by atoms with Crippen LogP contribution in [0.5, 0.6) is 0 Å². The van der Waals surface area contributed by atoms with Crippen molar-refractivity contribution in [3.8, 4) is 0 Å². The third-order valence-corrected chi connectivity index (χ3v) is 7.71. The fraction of sp³-hybridized carbons (Fsp3) is 0.280. The van der Waals surface area contributed by atoms with E-state index in [0.717, 1.165) is 16.4 Å². The number of hydrogen-bond donors (Lipinski definition) is 0. The van der Waals surface area contributed by atoms with E-state index in [-0.39, 0.29) is 28.0 Å². The topological polar surface area (TPSA) is 74.8 Å². The van der Waals surface area contributed by atoms with E-state index in [1.807, 2.05) is 12.2 Å². The summed E-state index contributed by atoms with van der Waals surface area (Å²) >= 11 is 18.2. The van der Waals surface area contributed by atoms with Gasteiger partial charge in [0.2, 0.25) is 0 Å². The Morgan fingerprint density at radius 3 is 2.03 bits per heavy atom. The second-order valence-corrected chi connectivity index (χ2v) is 10.1. The Balaban J connectivity index is 1.56. The highest BCUT2D eigenvalue weighted by Gasteiger charge is 2.61. The Kier molecular flexibility index (Phi) is 5.79. The Hall–Kier alpha value is -2.67. The van der Waals surface area contributed by atoms with Gasteiger partial charge in [-0.25, -0.2) is 5.01 Å². The first-order valence-electron chi connectivity index (χ1n) is 10.8. The summed E-state index contributed by atoms with van der Waals surface area (Å²) in [6.07, 6.45) is 4.67. The Labute approximate surface area is 211 Å². The van der Waals surface area contributed by atoms with Crippen molar-refractivity contribution in [2.45, 2.75) is 19.4 Å². The predicted octanol–water partition coefficient (Wildman–Crippen LogP) is 5.08. The molecule has 2 aromatic rings. The number of amides is 3. The lowest BCUT2D eigenvalue weighted by Crippen LogP contribution is -2.57. The average Bonchev–Trinajstić information content (AvgIpc) is 3.49. The number of halogens is 3. The van der Waals surface area contributed by atoms with Gasteiger partial charge in [0.15, 0.2) is 5.78 Å². The van der Waals surface area contributed by atoms with Gasteiger partial charge in [-0.3, -0.25) is 19.2 Å². The summed E-state index contributed by atoms with van der Waals surface area (Å²) in [6.45, 7) is 1.49. The van der Waals surface area contributed by atoms with Gasteiger partial charge in [0.1, 0.15) is 6.04 Å². The zero-order valence-electron chi connectivity index (χ0n) is 18.0. The third-order valence-electron chi connectivity index (χ3n) is 6.91. The molecular formula is C25H19Cl3N2O4. The molecule has 0 N–H and O–H groups in total. The number of carbonyl (C=O) groups is 4. The van der Waals surface area contributed by atoms with Gasteiger partial charge in [0.05, 0.1) is 22.4 Å². The van der Waals surface area contributed by atoms with Crippen LogP contribution >= 0.6 is 34.8 Å². The molecule has 3 aliphatic rings. The van der Waals surface area contributed by atoms with Crippen LogP contribution in [-0.4, -0.2) is 39.6 Å². The van der Waals surface area contributed by atoms with Crippen molar-refractivity contribution >= 4 is 58.3 Å². The SMILES string of the molecule is C[C@H](C(=O)c1ccc(Cl)cc1)N(C(=O)c1ccc(Cl)cc1Cl)N1C(=O)[C@@H]2[C@@H](C1=O)[C@H]1C=C[C@H]2C1. The number of imide groups is 1. The molecule has 9 heteroatoms. The molecule has 34 heavy (non-hydrogen) atoms. The molecule has 2 aliphatic carbocycles. The summed E-state index contributed by atoms with van der Waals surface area (Å²) < 4.78 is 0. The average molecular weight is 518 g/mol. The molecule has 1 heterocycles. The molecular weight excluding hydrogens is 499 g/mol. The molecule has 5 rings (SSSR count). The lowest BCUT2D eigenvalue weighted by atomic mass is 9.85. The highest BCUT2D eigenvalue weighted by atomic mass is 35.5. The van der Waals surface area contributed by atoms with Crippen LogP contribution in [0.25, 0.3) is 0 Å². The number of allylic oxidation sites excluding steroid dienone is 2. The van der Waals surface area contributed by atoms with Gasteiger partial charge < -0.3 is 0 Å². The highest BCUT2D eigenvalue weighted by molar-refractivity contribution is 6.37. The fourth-order valence-corrected chi connectivity index (χ4v) is 5.91. The minimum Gasteiger partial charge on any atom is -0.292 e. The minimum absolute atomic E-state index is 0.0283. The lowest BCUT2D eigenvalue weighted by Gasteiger charge is -2.35. The molecule has 0 radical (unpaired) electrons. The Morgan fingerprint density at radius 2 is 1.47 bits per heavy atom. The molecule has 2 fully saturated rings. The van der Waals surface area contributed by atoms with Crippen molar-refractivity contribution in [1.82, 2.24) is 10.0 Å². The van der Waals surface area contributed by atoms with Gasteiger partial charge in [-0.15, -0.1) is 0 Å². The van der Waals surface area contributed by atoms with Crippen LogP contribution in [-0.2, 0) is 9.59 Å². The van der Waals surface area contributed by atoms with E-state index in [0.29, 0.717) is 10.0 Å². The number of Topliss-reactive ketones (excluding diaryl/α,β-unsaturated/α-hetero) is 1. The van der Waals surface area contributed by atoms with Gasteiger partial charge in [0.25, 0.3) is 17.7 Å². The van der Waals surface area contributed by atoms with Crippen molar-refractivity contribution in [3.63, 3.8) is 0 Å². The normalized spacial score (nSPS) is 25.6. The summed E-state index contributed by atoms with van der Waals surface area (Å²) in [7, 11) is 0. The van der Waals surface area contributed by atoms with Crippen LogP contribution in [0.1, 0.15) is 34.1 Å². The number of carbonyl (C=O) groups excluding carboxylic acids is 4. The molecule has 2 bridgehead atoms. The van der Waals surface area contributed by atoms with Gasteiger partial charge in [0, 0.05) is 15.6 Å². The maximum Gasteiger partial charge on any atom is 0.275 e. The number of fused-ring (bicyclic) bond motifs is 5. The Morgan fingerprint density at radius 1 is 0.912 bits per heavy atom. The molecule has 0 unspecified atom stereocenters. The second-order valence-electron chi connectivity index (χ2n) is 8.81. The number of rotatable bonds is 5. The molecule has 1 saturated heterocycles. The van der Waals surface area contributed by atoms with E-state index in [4.69, 9.17) is 34.8 Å². The molecule has 0 spiro atoms. The van der Waals surface area contributed by atoms with Crippen LogP contribution in [0.15, 0.2) is 54.6 Å². The standard InChI is InChI=1S/C25H19Cl3N2O4/c1-12(22(31)13-4-6-16(26)7-5-13)29(23(32)18-9-8-17(27)11-19(18)28)30-24(33)20-14-2-3-15(10-14)21(20)25(30)34/h2-9,11-12,14-15,20-21H,10H2,1H3/t12-,14+,15+,20+,21+/m1/s1. The minimum atomic E-state index is -1.17. The van der Waals surface area contributed by atoms with E-state index >= 15 is 0 Å². The van der Waals surface area contributed by atoms with Crippen molar-refractivity contribution in [2.75, 3.05) is 0 Å². The summed E-state index contributed by atoms with van der Waals surface area (Å²) in [6, 6.07) is 9.31. The third kappa shape index (κ3) is 3.56. The molecule has 5 atom stereocenters. The van der Waals surface area contributed by atoms with Gasteiger partial charge in [-0.1, -0.05) is 47.0 Å². The first-order valence-corrected chi connectivity index (χ1v) is 12.0. The van der Waals surface area contributed by atoms with E-state index in [2.05, 4.69) is 0 Å².